The number of benzene rings is 1. The quantitative estimate of drug-likeness (QED) is 0.905. The van der Waals surface area contributed by atoms with E-state index in [0.717, 1.165) is 30.8 Å². The summed E-state index contributed by atoms with van der Waals surface area (Å²) in [6, 6.07) is 7.23. The van der Waals surface area contributed by atoms with Gasteiger partial charge >= 0.3 is 6.09 Å². The number of nitrogens with zero attached hydrogens (tertiary/aromatic N) is 2. The van der Waals surface area contributed by atoms with Crippen LogP contribution in [0, 0.1) is 0 Å². The number of likely N-dealkylation sites (tertiary alicyclic amines) is 1. The molecule has 2 aliphatic rings. The minimum atomic E-state index is -0.468. The number of amides is 2. The van der Waals surface area contributed by atoms with Crippen LogP contribution in [0.4, 0.5) is 10.5 Å². The van der Waals surface area contributed by atoms with Crippen molar-refractivity contribution in [2.75, 3.05) is 45.7 Å². The van der Waals surface area contributed by atoms with E-state index in [1.54, 1.807) is 31.2 Å². The summed E-state index contributed by atoms with van der Waals surface area (Å²) in [5.74, 6) is 0.674. The van der Waals surface area contributed by atoms with E-state index in [9.17, 15) is 9.59 Å². The molecule has 2 fully saturated rings. The molecule has 1 atom stereocenters. The molecule has 24 heavy (non-hydrogen) atoms. The van der Waals surface area contributed by atoms with Crippen LogP contribution in [-0.4, -0.2) is 67.7 Å². The average Bonchev–Trinajstić information content (AvgIpc) is 2.81. The molecule has 2 amide bonds. The van der Waals surface area contributed by atoms with Gasteiger partial charge in [-0.15, -0.1) is 0 Å². The molecule has 130 valence electrons. The van der Waals surface area contributed by atoms with Crippen molar-refractivity contribution in [1.82, 2.24) is 9.80 Å². The van der Waals surface area contributed by atoms with Crippen LogP contribution in [0.5, 0.6) is 5.75 Å². The van der Waals surface area contributed by atoms with Crippen molar-refractivity contribution in [2.45, 2.75) is 18.4 Å². The predicted octanol–water partition coefficient (Wildman–Crippen LogP) is 1.55. The smallest absolute Gasteiger partial charge is 0.410 e. The third kappa shape index (κ3) is 3.62. The van der Waals surface area contributed by atoms with Crippen molar-refractivity contribution in [3.63, 3.8) is 0 Å². The molecule has 0 bridgehead atoms. The lowest BCUT2D eigenvalue weighted by Crippen LogP contribution is -2.52. The number of hydrogen-bond donors (Lipinski definition) is 1. The standard InChI is InChI=1S/C17H23N3O4/c1-19-11-17(24-16(19)22)8-3-9-20(12-17)10-15(21)18-13-4-6-14(23-2)7-5-13/h4-7H,3,8-12H2,1-2H3,(H,18,21)/t17-/m0/s1. The first-order chi connectivity index (χ1) is 11.5. The Bertz CT molecular complexity index is 619. The molecule has 1 aromatic rings. The second-order valence-corrected chi connectivity index (χ2v) is 6.50. The summed E-state index contributed by atoms with van der Waals surface area (Å²) >= 11 is 0. The fourth-order valence-electron chi connectivity index (χ4n) is 3.41. The van der Waals surface area contributed by atoms with Crippen molar-refractivity contribution in [3.05, 3.63) is 24.3 Å². The summed E-state index contributed by atoms with van der Waals surface area (Å²) < 4.78 is 10.7. The highest BCUT2D eigenvalue weighted by Crippen LogP contribution is 2.31. The highest BCUT2D eigenvalue weighted by molar-refractivity contribution is 5.92. The summed E-state index contributed by atoms with van der Waals surface area (Å²) in [6.45, 7) is 2.30. The van der Waals surface area contributed by atoms with E-state index in [-0.39, 0.29) is 18.5 Å². The first kappa shape index (κ1) is 16.6. The van der Waals surface area contributed by atoms with Gasteiger partial charge in [-0.25, -0.2) is 4.79 Å². The van der Waals surface area contributed by atoms with E-state index in [1.165, 1.54) is 0 Å². The van der Waals surface area contributed by atoms with Crippen LogP contribution in [0.1, 0.15) is 12.8 Å². The molecule has 0 radical (unpaired) electrons. The minimum Gasteiger partial charge on any atom is -0.497 e. The van der Waals surface area contributed by atoms with Gasteiger partial charge in [-0.05, 0) is 43.7 Å². The van der Waals surface area contributed by atoms with Gasteiger partial charge in [0.1, 0.15) is 11.4 Å². The molecule has 2 saturated heterocycles. The summed E-state index contributed by atoms with van der Waals surface area (Å²) in [6.07, 6.45) is 1.48. The third-order valence-electron chi connectivity index (χ3n) is 4.50. The van der Waals surface area contributed by atoms with Gasteiger partial charge in [0.2, 0.25) is 5.91 Å². The maximum atomic E-state index is 12.3. The van der Waals surface area contributed by atoms with Crippen LogP contribution < -0.4 is 10.1 Å². The number of carbonyl (C=O) groups is 2. The number of carbonyl (C=O) groups excluding carboxylic acids is 2. The molecule has 7 heteroatoms. The normalized spacial score (nSPS) is 24.1. The number of ether oxygens (including phenoxy) is 2. The Labute approximate surface area is 141 Å². The number of hydrogen-bond acceptors (Lipinski definition) is 5. The van der Waals surface area contributed by atoms with Crippen molar-refractivity contribution in [1.29, 1.82) is 0 Å². The number of piperidine rings is 1. The first-order valence-electron chi connectivity index (χ1n) is 8.10. The van der Waals surface area contributed by atoms with Gasteiger partial charge in [0.05, 0.1) is 20.2 Å². The fraction of sp³-hybridized carbons (Fsp3) is 0.529. The van der Waals surface area contributed by atoms with Gasteiger partial charge in [0, 0.05) is 19.3 Å². The topological polar surface area (TPSA) is 71.1 Å². The van der Waals surface area contributed by atoms with Gasteiger partial charge in [0.15, 0.2) is 0 Å². The second-order valence-electron chi connectivity index (χ2n) is 6.50. The van der Waals surface area contributed by atoms with E-state index >= 15 is 0 Å². The molecule has 0 unspecified atom stereocenters. The maximum absolute atomic E-state index is 12.3. The maximum Gasteiger partial charge on any atom is 0.410 e. The summed E-state index contributed by atoms with van der Waals surface area (Å²) in [7, 11) is 3.35. The Morgan fingerprint density at radius 3 is 2.71 bits per heavy atom. The molecule has 0 saturated carbocycles. The van der Waals surface area contributed by atoms with Gasteiger partial charge in [-0.3, -0.25) is 9.69 Å². The molecule has 1 N–H and O–H groups in total. The van der Waals surface area contributed by atoms with E-state index in [0.29, 0.717) is 13.1 Å². The summed E-state index contributed by atoms with van der Waals surface area (Å²) in [5, 5.41) is 2.88. The Morgan fingerprint density at radius 1 is 1.33 bits per heavy atom. The predicted molar refractivity (Wildman–Crippen MR) is 89.1 cm³/mol. The van der Waals surface area contributed by atoms with Crippen molar-refractivity contribution < 1.29 is 19.1 Å². The highest BCUT2D eigenvalue weighted by Gasteiger charge is 2.46. The lowest BCUT2D eigenvalue weighted by Gasteiger charge is -2.37. The second kappa shape index (κ2) is 6.68. The zero-order valence-electron chi connectivity index (χ0n) is 14.1. The summed E-state index contributed by atoms with van der Waals surface area (Å²) in [4.78, 5) is 27.6. The SMILES string of the molecule is COc1ccc(NC(=O)CN2CCC[C@@]3(C2)CN(C)C(=O)O3)cc1. The summed E-state index contributed by atoms with van der Waals surface area (Å²) in [5.41, 5.74) is 0.268. The van der Waals surface area contributed by atoms with Crippen LogP contribution in [0.15, 0.2) is 24.3 Å². The molecule has 3 rings (SSSR count). The van der Waals surface area contributed by atoms with Gasteiger partial charge in [0.25, 0.3) is 0 Å². The number of likely N-dealkylation sites (N-methyl/N-ethyl adjacent to an activating group) is 1. The lowest BCUT2D eigenvalue weighted by atomic mass is 9.93. The number of rotatable bonds is 4. The molecule has 0 aliphatic carbocycles. The largest absolute Gasteiger partial charge is 0.497 e. The lowest BCUT2D eigenvalue weighted by molar-refractivity contribution is -0.118. The number of nitrogens with one attached hydrogen (secondary N) is 1. The zero-order chi connectivity index (χ0) is 17.2. The highest BCUT2D eigenvalue weighted by atomic mass is 16.6. The van der Waals surface area contributed by atoms with Gasteiger partial charge in [-0.2, -0.15) is 0 Å². The van der Waals surface area contributed by atoms with Gasteiger partial charge in [-0.1, -0.05) is 0 Å². The Balaban J connectivity index is 1.55. The Morgan fingerprint density at radius 2 is 2.08 bits per heavy atom. The fourth-order valence-corrected chi connectivity index (χ4v) is 3.41. The van der Waals surface area contributed by atoms with Crippen molar-refractivity contribution >= 4 is 17.7 Å². The number of anilines is 1. The molecule has 2 heterocycles. The van der Waals surface area contributed by atoms with E-state index in [4.69, 9.17) is 9.47 Å². The average molecular weight is 333 g/mol. The van der Waals surface area contributed by atoms with Crippen LogP contribution in [0.3, 0.4) is 0 Å². The molecule has 2 aliphatic heterocycles. The first-order valence-corrected chi connectivity index (χ1v) is 8.10. The van der Waals surface area contributed by atoms with E-state index in [1.807, 2.05) is 12.1 Å². The Hall–Kier alpha value is -2.28. The molecule has 7 nitrogen and oxygen atoms in total. The van der Waals surface area contributed by atoms with Crippen LogP contribution in [-0.2, 0) is 9.53 Å². The third-order valence-corrected chi connectivity index (χ3v) is 4.50. The van der Waals surface area contributed by atoms with Gasteiger partial charge < -0.3 is 19.7 Å². The molecule has 1 aromatic carbocycles. The van der Waals surface area contributed by atoms with Crippen LogP contribution in [0.2, 0.25) is 0 Å². The van der Waals surface area contributed by atoms with Crippen molar-refractivity contribution in [2.24, 2.45) is 0 Å². The van der Waals surface area contributed by atoms with E-state index < -0.39 is 5.60 Å². The molecular weight excluding hydrogens is 310 g/mol. The minimum absolute atomic E-state index is 0.0742. The molecule has 0 aromatic heterocycles. The Kier molecular flexibility index (Phi) is 4.62. The number of methoxy groups -OCH3 is 1. The monoisotopic (exact) mass is 333 g/mol. The van der Waals surface area contributed by atoms with Crippen LogP contribution in [0.25, 0.3) is 0 Å². The van der Waals surface area contributed by atoms with Crippen molar-refractivity contribution in [3.8, 4) is 5.75 Å². The molecule has 1 spiro atoms. The van der Waals surface area contributed by atoms with E-state index in [2.05, 4.69) is 10.2 Å². The zero-order valence-corrected chi connectivity index (χ0v) is 14.1. The van der Waals surface area contributed by atoms with Crippen LogP contribution >= 0.6 is 0 Å². The molecular formula is C17H23N3O4.